The lowest BCUT2D eigenvalue weighted by atomic mass is 9.99. The molecule has 0 fully saturated rings. The highest BCUT2D eigenvalue weighted by atomic mass is 31.2. The van der Waals surface area contributed by atoms with Gasteiger partial charge in [-0.3, -0.25) is 4.98 Å². The van der Waals surface area contributed by atoms with Gasteiger partial charge in [0.2, 0.25) is 11.8 Å². The number of phosphoric acid groups is 1. The molecule has 1 atom stereocenters. The van der Waals surface area contributed by atoms with Gasteiger partial charge in [0.1, 0.15) is 11.6 Å². The lowest BCUT2D eigenvalue weighted by Crippen LogP contribution is -2.08. The van der Waals surface area contributed by atoms with Gasteiger partial charge in [-0.1, -0.05) is 6.92 Å². The SMILES string of the molecule is CC(C)Oc1cc(Nc2nc(N)ncc2[C@H](C)c2ccc(F)cn2)n[nH]1.O=P(O)(O)O. The van der Waals surface area contributed by atoms with Crippen LogP contribution in [0.4, 0.5) is 22.0 Å². The van der Waals surface area contributed by atoms with Crippen LogP contribution in [0, 0.1) is 5.82 Å². The molecule has 0 aliphatic carbocycles. The number of nitrogens with two attached hydrogens (primary N) is 1. The molecule has 31 heavy (non-hydrogen) atoms. The zero-order chi connectivity index (χ0) is 23.2. The van der Waals surface area contributed by atoms with E-state index in [9.17, 15) is 4.39 Å². The average molecular weight is 455 g/mol. The number of anilines is 3. The Balaban J connectivity index is 0.000000614. The van der Waals surface area contributed by atoms with E-state index in [2.05, 4.69) is 30.5 Å². The summed E-state index contributed by atoms with van der Waals surface area (Å²) < 4.78 is 27.6. The molecule has 3 heterocycles. The van der Waals surface area contributed by atoms with Crippen molar-refractivity contribution in [1.29, 1.82) is 0 Å². The molecule has 0 aliphatic heterocycles. The largest absolute Gasteiger partial charge is 0.475 e. The van der Waals surface area contributed by atoms with Gasteiger partial charge < -0.3 is 30.5 Å². The summed E-state index contributed by atoms with van der Waals surface area (Å²) in [6.07, 6.45) is 2.83. The van der Waals surface area contributed by atoms with Crippen molar-refractivity contribution in [1.82, 2.24) is 25.1 Å². The standard InChI is InChI=1S/C17H20FN7O.H3O4P/c1-9(2)26-15-6-14(24-25-15)22-16-12(8-21-17(19)23-16)10(3)13-5-4-11(18)7-20-13;1-5(2,3)4/h4-10H,1-3H3,(H4,19,21,22,23,24,25);(H3,1,2,3,4)/t10-;/m0./s1. The van der Waals surface area contributed by atoms with E-state index in [0.717, 1.165) is 5.56 Å². The lowest BCUT2D eigenvalue weighted by molar-refractivity contribution is 0.232. The van der Waals surface area contributed by atoms with Gasteiger partial charge >= 0.3 is 7.82 Å². The van der Waals surface area contributed by atoms with Crippen molar-refractivity contribution in [2.75, 3.05) is 11.1 Å². The van der Waals surface area contributed by atoms with Crippen molar-refractivity contribution >= 4 is 25.4 Å². The highest BCUT2D eigenvalue weighted by Crippen LogP contribution is 2.30. The van der Waals surface area contributed by atoms with E-state index in [4.69, 9.17) is 29.7 Å². The third-order valence-electron chi connectivity index (χ3n) is 3.66. The van der Waals surface area contributed by atoms with Crippen molar-refractivity contribution in [2.45, 2.75) is 32.8 Å². The fourth-order valence-electron chi connectivity index (χ4n) is 2.43. The zero-order valence-corrected chi connectivity index (χ0v) is 17.8. The molecule has 14 heteroatoms. The van der Waals surface area contributed by atoms with Crippen molar-refractivity contribution in [2.24, 2.45) is 0 Å². The average Bonchev–Trinajstić information content (AvgIpc) is 3.06. The van der Waals surface area contributed by atoms with Crippen LogP contribution in [0.5, 0.6) is 5.88 Å². The summed E-state index contributed by atoms with van der Waals surface area (Å²) in [7, 11) is -4.64. The molecule has 3 aromatic heterocycles. The minimum absolute atomic E-state index is 0.0260. The normalized spacial score (nSPS) is 12.1. The number of aromatic nitrogens is 5. The first kappa shape index (κ1) is 24.2. The highest BCUT2D eigenvalue weighted by Gasteiger charge is 2.18. The number of nitrogens with zero attached hydrogens (tertiary/aromatic N) is 4. The molecule has 0 amide bonds. The van der Waals surface area contributed by atoms with Crippen LogP contribution in [-0.2, 0) is 4.57 Å². The van der Waals surface area contributed by atoms with Crippen LogP contribution in [0.3, 0.4) is 0 Å². The molecule has 0 radical (unpaired) electrons. The Morgan fingerprint density at radius 1 is 1.19 bits per heavy atom. The number of rotatable bonds is 6. The van der Waals surface area contributed by atoms with Gasteiger partial charge in [-0.15, -0.1) is 0 Å². The van der Waals surface area contributed by atoms with Crippen molar-refractivity contribution in [3.8, 4) is 5.88 Å². The van der Waals surface area contributed by atoms with Gasteiger partial charge in [0.05, 0.1) is 12.3 Å². The molecule has 3 aromatic rings. The molecular formula is C17H23FN7O5P. The minimum atomic E-state index is -4.64. The predicted molar refractivity (Wildman–Crippen MR) is 110 cm³/mol. The van der Waals surface area contributed by atoms with E-state index in [1.807, 2.05) is 20.8 Å². The van der Waals surface area contributed by atoms with Gasteiger partial charge in [0.25, 0.3) is 0 Å². The van der Waals surface area contributed by atoms with Crippen LogP contribution in [0.1, 0.15) is 37.9 Å². The van der Waals surface area contributed by atoms with E-state index in [1.54, 1.807) is 18.3 Å². The number of hydrogen-bond acceptors (Lipinski definition) is 8. The second-order valence-electron chi connectivity index (χ2n) is 6.58. The fraction of sp³-hybridized carbons (Fsp3) is 0.294. The monoisotopic (exact) mass is 455 g/mol. The first-order chi connectivity index (χ1) is 14.4. The Morgan fingerprint density at radius 2 is 1.87 bits per heavy atom. The molecule has 7 N–H and O–H groups in total. The fourth-order valence-corrected chi connectivity index (χ4v) is 2.43. The molecule has 0 spiro atoms. The predicted octanol–water partition coefficient (Wildman–Crippen LogP) is 2.07. The van der Waals surface area contributed by atoms with Gasteiger partial charge in [0.15, 0.2) is 5.82 Å². The third-order valence-corrected chi connectivity index (χ3v) is 3.66. The molecule has 0 bridgehead atoms. The van der Waals surface area contributed by atoms with Crippen LogP contribution >= 0.6 is 7.82 Å². The van der Waals surface area contributed by atoms with Crippen molar-refractivity contribution in [3.05, 3.63) is 47.7 Å². The summed E-state index contributed by atoms with van der Waals surface area (Å²) in [5.74, 6) is 1.13. The first-order valence-corrected chi connectivity index (χ1v) is 10.5. The Hall–Kier alpha value is -3.12. The Kier molecular flexibility index (Phi) is 8.00. The Morgan fingerprint density at radius 3 is 2.45 bits per heavy atom. The van der Waals surface area contributed by atoms with Gasteiger partial charge in [-0.25, -0.2) is 19.0 Å². The number of halogens is 1. The summed E-state index contributed by atoms with van der Waals surface area (Å²) in [6.45, 7) is 5.78. The summed E-state index contributed by atoms with van der Waals surface area (Å²) in [6, 6.07) is 4.72. The lowest BCUT2D eigenvalue weighted by Gasteiger charge is -2.15. The molecule has 0 aromatic carbocycles. The Bertz CT molecular complexity index is 1030. The number of H-pyrrole nitrogens is 1. The van der Waals surface area contributed by atoms with Crippen LogP contribution in [-0.4, -0.2) is 45.9 Å². The van der Waals surface area contributed by atoms with E-state index >= 15 is 0 Å². The molecule has 3 rings (SSSR count). The van der Waals surface area contributed by atoms with E-state index in [-0.39, 0.29) is 23.8 Å². The Labute approximate surface area is 177 Å². The summed E-state index contributed by atoms with van der Waals surface area (Å²) in [5, 5.41) is 10.1. The quantitative estimate of drug-likeness (QED) is 0.298. The maximum Gasteiger partial charge on any atom is 0.466 e. The zero-order valence-electron chi connectivity index (χ0n) is 16.9. The minimum Gasteiger partial charge on any atom is -0.475 e. The molecule has 0 aliphatic rings. The van der Waals surface area contributed by atoms with Crippen molar-refractivity contribution in [3.63, 3.8) is 0 Å². The molecular weight excluding hydrogens is 432 g/mol. The van der Waals surface area contributed by atoms with Crippen LogP contribution in [0.2, 0.25) is 0 Å². The van der Waals surface area contributed by atoms with Gasteiger partial charge in [-0.05, 0) is 26.0 Å². The smallest absolute Gasteiger partial charge is 0.466 e. The van der Waals surface area contributed by atoms with E-state index < -0.39 is 7.82 Å². The number of aromatic amines is 1. The van der Waals surface area contributed by atoms with Gasteiger partial charge in [0, 0.05) is 29.4 Å². The number of ether oxygens (including phenoxy) is 1. The van der Waals surface area contributed by atoms with Crippen molar-refractivity contribution < 1.29 is 28.4 Å². The number of nitrogens with one attached hydrogen (secondary N) is 2. The molecule has 0 unspecified atom stereocenters. The second kappa shape index (κ2) is 10.3. The highest BCUT2D eigenvalue weighted by molar-refractivity contribution is 7.45. The topological polar surface area (TPSA) is 192 Å². The van der Waals surface area contributed by atoms with E-state index in [1.165, 1.54) is 12.3 Å². The summed E-state index contributed by atoms with van der Waals surface area (Å²) in [4.78, 5) is 34.0. The first-order valence-electron chi connectivity index (χ1n) is 8.93. The molecule has 0 saturated carbocycles. The molecule has 168 valence electrons. The van der Waals surface area contributed by atoms with Crippen LogP contribution < -0.4 is 15.8 Å². The van der Waals surface area contributed by atoms with Crippen LogP contribution in [0.25, 0.3) is 0 Å². The summed E-state index contributed by atoms with van der Waals surface area (Å²) >= 11 is 0. The van der Waals surface area contributed by atoms with Gasteiger partial charge in [-0.2, -0.15) is 10.1 Å². The third kappa shape index (κ3) is 8.26. The second-order valence-corrected chi connectivity index (χ2v) is 7.60. The maximum absolute atomic E-state index is 13.1. The molecule has 12 nitrogen and oxygen atoms in total. The number of hydrogen-bond donors (Lipinski definition) is 6. The molecule has 0 saturated heterocycles. The van der Waals surface area contributed by atoms with E-state index in [0.29, 0.717) is 23.2 Å². The summed E-state index contributed by atoms with van der Waals surface area (Å²) in [5.41, 5.74) is 7.18. The number of nitrogen functional groups attached to an aromatic ring is 1. The van der Waals surface area contributed by atoms with Crippen LogP contribution in [0.15, 0.2) is 30.6 Å². The maximum atomic E-state index is 13.1. The number of pyridine rings is 1.